The van der Waals surface area contributed by atoms with Gasteiger partial charge in [0.25, 0.3) is 5.91 Å². The van der Waals surface area contributed by atoms with Crippen LogP contribution in [-0.2, 0) is 6.54 Å². The van der Waals surface area contributed by atoms with Gasteiger partial charge in [0.15, 0.2) is 0 Å². The topological polar surface area (TPSA) is 105 Å². The predicted molar refractivity (Wildman–Crippen MR) is 106 cm³/mol. The standard InChI is InChI=1S/C21H24N4O3/c22-19(26)16-8-6-15(7-9-16)14-23-21(28)24-18-10-12-25(13-11-18)20(27)17-4-2-1-3-5-17/h1-9,18H,10-14H2,(H2,22,26)(H2,23,24,28). The molecule has 3 rings (SSSR count). The molecular formula is C21H24N4O3. The van der Waals surface area contributed by atoms with Crippen LogP contribution in [0.1, 0.15) is 39.1 Å². The molecule has 7 heteroatoms. The summed E-state index contributed by atoms with van der Waals surface area (Å²) < 4.78 is 0. The predicted octanol–water partition coefficient (Wildman–Crippen LogP) is 1.89. The third kappa shape index (κ3) is 5.09. The highest BCUT2D eigenvalue weighted by Gasteiger charge is 2.24. The third-order valence-electron chi connectivity index (χ3n) is 4.83. The molecule has 0 unspecified atom stereocenters. The number of primary amides is 1. The van der Waals surface area contributed by atoms with Crippen molar-refractivity contribution in [3.05, 3.63) is 71.3 Å². The maximum Gasteiger partial charge on any atom is 0.315 e. The number of rotatable bonds is 5. The molecule has 2 aromatic carbocycles. The zero-order chi connectivity index (χ0) is 19.9. The molecule has 1 saturated heterocycles. The summed E-state index contributed by atoms with van der Waals surface area (Å²) in [6.45, 7) is 1.59. The van der Waals surface area contributed by atoms with E-state index in [1.807, 2.05) is 35.2 Å². The van der Waals surface area contributed by atoms with Crippen molar-refractivity contribution in [2.45, 2.75) is 25.4 Å². The van der Waals surface area contributed by atoms with Gasteiger partial charge in [0.1, 0.15) is 0 Å². The van der Waals surface area contributed by atoms with Gasteiger partial charge in [-0.2, -0.15) is 0 Å². The molecule has 0 aliphatic carbocycles. The highest BCUT2D eigenvalue weighted by atomic mass is 16.2. The van der Waals surface area contributed by atoms with Crippen molar-refractivity contribution < 1.29 is 14.4 Å². The Morgan fingerprint density at radius 1 is 0.929 bits per heavy atom. The number of piperidine rings is 1. The Labute approximate surface area is 163 Å². The molecule has 1 aliphatic heterocycles. The number of urea groups is 1. The molecule has 0 radical (unpaired) electrons. The van der Waals surface area contributed by atoms with E-state index >= 15 is 0 Å². The van der Waals surface area contributed by atoms with Crippen LogP contribution in [0.5, 0.6) is 0 Å². The smallest absolute Gasteiger partial charge is 0.315 e. The van der Waals surface area contributed by atoms with Crippen molar-refractivity contribution in [3.63, 3.8) is 0 Å². The lowest BCUT2D eigenvalue weighted by atomic mass is 10.0. The van der Waals surface area contributed by atoms with Crippen molar-refractivity contribution >= 4 is 17.8 Å². The number of carbonyl (C=O) groups excluding carboxylic acids is 3. The van der Waals surface area contributed by atoms with Gasteiger partial charge in [0.05, 0.1) is 0 Å². The number of benzene rings is 2. The van der Waals surface area contributed by atoms with Crippen molar-refractivity contribution in [1.29, 1.82) is 0 Å². The Hall–Kier alpha value is -3.35. The molecule has 0 aromatic heterocycles. The summed E-state index contributed by atoms with van der Waals surface area (Å²) >= 11 is 0. The van der Waals surface area contributed by atoms with Gasteiger partial charge >= 0.3 is 6.03 Å². The summed E-state index contributed by atoms with van der Waals surface area (Å²) in [5, 5.41) is 5.76. The lowest BCUT2D eigenvalue weighted by Crippen LogP contribution is -2.49. The van der Waals surface area contributed by atoms with E-state index in [-0.39, 0.29) is 18.0 Å². The number of carbonyl (C=O) groups is 3. The monoisotopic (exact) mass is 380 g/mol. The molecule has 4 amide bonds. The average molecular weight is 380 g/mol. The SMILES string of the molecule is NC(=O)c1ccc(CNC(=O)NC2CCN(C(=O)c3ccccc3)CC2)cc1. The number of likely N-dealkylation sites (tertiary alicyclic amines) is 1. The number of hydrogen-bond acceptors (Lipinski definition) is 3. The van der Waals surface area contributed by atoms with Gasteiger partial charge in [0.2, 0.25) is 5.91 Å². The molecule has 146 valence electrons. The van der Waals surface area contributed by atoms with Gasteiger partial charge in [-0.1, -0.05) is 30.3 Å². The van der Waals surface area contributed by atoms with Gasteiger partial charge < -0.3 is 21.3 Å². The van der Waals surface area contributed by atoms with Gasteiger partial charge in [-0.25, -0.2) is 4.79 Å². The zero-order valence-electron chi connectivity index (χ0n) is 15.6. The lowest BCUT2D eigenvalue weighted by Gasteiger charge is -2.32. The molecule has 0 atom stereocenters. The minimum absolute atomic E-state index is 0.0305. The number of nitrogens with one attached hydrogen (secondary N) is 2. The summed E-state index contributed by atoms with van der Waals surface area (Å²) in [7, 11) is 0. The molecule has 2 aromatic rings. The Kier molecular flexibility index (Phi) is 6.26. The fraction of sp³-hybridized carbons (Fsp3) is 0.286. The second-order valence-corrected chi connectivity index (χ2v) is 6.82. The van der Waals surface area contributed by atoms with E-state index in [1.54, 1.807) is 24.3 Å². The number of nitrogens with two attached hydrogens (primary N) is 1. The van der Waals surface area contributed by atoms with Crippen LogP contribution >= 0.6 is 0 Å². The van der Waals surface area contributed by atoms with Gasteiger partial charge in [0, 0.05) is 36.8 Å². The van der Waals surface area contributed by atoms with E-state index < -0.39 is 5.91 Å². The van der Waals surface area contributed by atoms with Crippen molar-refractivity contribution in [2.24, 2.45) is 5.73 Å². The second kappa shape index (κ2) is 9.03. The molecule has 4 N–H and O–H groups in total. The molecule has 0 bridgehead atoms. The lowest BCUT2D eigenvalue weighted by molar-refractivity contribution is 0.0708. The first-order chi connectivity index (χ1) is 13.5. The Bertz CT molecular complexity index is 828. The quantitative estimate of drug-likeness (QED) is 0.738. The van der Waals surface area contributed by atoms with Crippen LogP contribution in [0.2, 0.25) is 0 Å². The number of hydrogen-bond donors (Lipinski definition) is 3. The number of nitrogens with zero attached hydrogens (tertiary/aromatic N) is 1. The summed E-state index contributed by atoms with van der Waals surface area (Å²) in [5.41, 5.74) is 7.21. The first kappa shape index (κ1) is 19.4. The molecule has 7 nitrogen and oxygen atoms in total. The molecule has 0 spiro atoms. The minimum atomic E-state index is -0.477. The van der Waals surface area contributed by atoms with E-state index in [4.69, 9.17) is 5.73 Å². The molecule has 1 heterocycles. The molecule has 28 heavy (non-hydrogen) atoms. The van der Waals surface area contributed by atoms with Gasteiger partial charge in [-0.05, 0) is 42.7 Å². The summed E-state index contributed by atoms with van der Waals surface area (Å²) in [6, 6.07) is 15.8. The van der Waals surface area contributed by atoms with Crippen LogP contribution in [0, 0.1) is 0 Å². The highest BCUT2D eigenvalue weighted by molar-refractivity contribution is 5.94. The van der Waals surface area contributed by atoms with Crippen molar-refractivity contribution in [2.75, 3.05) is 13.1 Å². The van der Waals surface area contributed by atoms with E-state index in [1.165, 1.54) is 0 Å². The molecule has 1 fully saturated rings. The minimum Gasteiger partial charge on any atom is -0.366 e. The largest absolute Gasteiger partial charge is 0.366 e. The highest BCUT2D eigenvalue weighted by Crippen LogP contribution is 2.14. The van der Waals surface area contributed by atoms with E-state index in [0.29, 0.717) is 30.8 Å². The van der Waals surface area contributed by atoms with Gasteiger partial charge in [-0.3, -0.25) is 9.59 Å². The number of amides is 4. The summed E-state index contributed by atoms with van der Waals surface area (Å²) in [6.07, 6.45) is 1.44. The van der Waals surface area contributed by atoms with Crippen LogP contribution in [-0.4, -0.2) is 41.9 Å². The fourth-order valence-corrected chi connectivity index (χ4v) is 3.20. The van der Waals surface area contributed by atoms with Crippen LogP contribution in [0.3, 0.4) is 0 Å². The molecule has 1 aliphatic rings. The first-order valence-corrected chi connectivity index (χ1v) is 9.30. The van der Waals surface area contributed by atoms with Gasteiger partial charge in [-0.15, -0.1) is 0 Å². The van der Waals surface area contributed by atoms with Crippen molar-refractivity contribution in [1.82, 2.24) is 15.5 Å². The van der Waals surface area contributed by atoms with Crippen LogP contribution in [0.25, 0.3) is 0 Å². The fourth-order valence-electron chi connectivity index (χ4n) is 3.20. The molecule has 0 saturated carbocycles. The maximum atomic E-state index is 12.5. The molecular weight excluding hydrogens is 356 g/mol. The van der Waals surface area contributed by atoms with Crippen LogP contribution < -0.4 is 16.4 Å². The second-order valence-electron chi connectivity index (χ2n) is 6.82. The Balaban J connectivity index is 1.41. The third-order valence-corrected chi connectivity index (χ3v) is 4.83. The average Bonchev–Trinajstić information content (AvgIpc) is 2.73. The summed E-state index contributed by atoms with van der Waals surface area (Å²) in [5.74, 6) is -0.447. The zero-order valence-corrected chi connectivity index (χ0v) is 15.6. The van der Waals surface area contributed by atoms with E-state index in [0.717, 1.165) is 18.4 Å². The van der Waals surface area contributed by atoms with Crippen LogP contribution in [0.4, 0.5) is 4.79 Å². The van der Waals surface area contributed by atoms with Crippen LogP contribution in [0.15, 0.2) is 54.6 Å². The van der Waals surface area contributed by atoms with Crippen molar-refractivity contribution in [3.8, 4) is 0 Å². The van der Waals surface area contributed by atoms with E-state index in [2.05, 4.69) is 10.6 Å². The normalized spacial score (nSPS) is 14.4. The first-order valence-electron chi connectivity index (χ1n) is 9.30. The Morgan fingerprint density at radius 2 is 1.57 bits per heavy atom. The Morgan fingerprint density at radius 3 is 2.18 bits per heavy atom. The van der Waals surface area contributed by atoms with E-state index in [9.17, 15) is 14.4 Å². The summed E-state index contributed by atoms with van der Waals surface area (Å²) in [4.78, 5) is 37.5. The maximum absolute atomic E-state index is 12.5.